The van der Waals surface area contributed by atoms with Crippen LogP contribution in [-0.4, -0.2) is 39.5 Å². The fraction of sp³-hybridized carbons (Fsp3) is 0.933. The molecule has 5 nitrogen and oxygen atoms in total. The summed E-state index contributed by atoms with van der Waals surface area (Å²) >= 11 is 0. The molecule has 2 atom stereocenters. The standard InChI is InChI=1S/C15H30N2O3/c1-14(2,3)17(13(19)20-15(4,5)6)16-11-9-7-8-10-12(11)18/h11-12,16,18H,7-10H2,1-6H3. The van der Waals surface area contributed by atoms with Gasteiger partial charge >= 0.3 is 6.09 Å². The molecule has 0 bridgehead atoms. The second kappa shape index (κ2) is 6.31. The van der Waals surface area contributed by atoms with Gasteiger partial charge in [-0.15, -0.1) is 0 Å². The second-order valence-electron chi connectivity index (χ2n) is 7.57. The van der Waals surface area contributed by atoms with E-state index in [2.05, 4.69) is 5.43 Å². The zero-order valence-corrected chi connectivity index (χ0v) is 13.7. The fourth-order valence-electron chi connectivity index (χ4n) is 2.26. The summed E-state index contributed by atoms with van der Waals surface area (Å²) < 4.78 is 5.45. The summed E-state index contributed by atoms with van der Waals surface area (Å²) in [5.41, 5.74) is 2.23. The predicted molar refractivity (Wildman–Crippen MR) is 79.2 cm³/mol. The third-order valence-corrected chi connectivity index (χ3v) is 3.27. The fourth-order valence-corrected chi connectivity index (χ4v) is 2.26. The van der Waals surface area contributed by atoms with Crippen molar-refractivity contribution in [3.8, 4) is 0 Å². The molecule has 0 spiro atoms. The van der Waals surface area contributed by atoms with Crippen molar-refractivity contribution in [1.82, 2.24) is 10.4 Å². The van der Waals surface area contributed by atoms with E-state index >= 15 is 0 Å². The summed E-state index contributed by atoms with van der Waals surface area (Å²) in [7, 11) is 0. The van der Waals surface area contributed by atoms with Crippen molar-refractivity contribution in [2.24, 2.45) is 0 Å². The first-order valence-electron chi connectivity index (χ1n) is 7.48. The van der Waals surface area contributed by atoms with Gasteiger partial charge in [0.15, 0.2) is 0 Å². The molecule has 0 aromatic carbocycles. The molecule has 1 fully saturated rings. The number of nitrogens with zero attached hydrogens (tertiary/aromatic N) is 1. The molecule has 0 heterocycles. The van der Waals surface area contributed by atoms with E-state index < -0.39 is 23.3 Å². The number of aliphatic hydroxyl groups is 1. The number of aliphatic hydroxyl groups excluding tert-OH is 1. The average Bonchev–Trinajstić information content (AvgIpc) is 2.23. The largest absolute Gasteiger partial charge is 0.443 e. The third kappa shape index (κ3) is 5.29. The molecular formula is C15H30N2O3. The normalized spacial score (nSPS) is 24.4. The van der Waals surface area contributed by atoms with E-state index in [-0.39, 0.29) is 6.04 Å². The quantitative estimate of drug-likeness (QED) is 0.766. The highest BCUT2D eigenvalue weighted by atomic mass is 16.6. The molecule has 0 aromatic rings. The van der Waals surface area contributed by atoms with Gasteiger partial charge in [0.25, 0.3) is 0 Å². The SMILES string of the molecule is CC(C)(C)OC(=O)N(NC1CCCCC1O)C(C)(C)C. The monoisotopic (exact) mass is 286 g/mol. The second-order valence-corrected chi connectivity index (χ2v) is 7.57. The highest BCUT2D eigenvalue weighted by Crippen LogP contribution is 2.22. The zero-order valence-electron chi connectivity index (χ0n) is 13.7. The number of hydrogen-bond donors (Lipinski definition) is 2. The Morgan fingerprint density at radius 1 is 1.15 bits per heavy atom. The van der Waals surface area contributed by atoms with Crippen molar-refractivity contribution in [1.29, 1.82) is 0 Å². The molecule has 0 aliphatic heterocycles. The maximum absolute atomic E-state index is 12.3. The van der Waals surface area contributed by atoms with Gasteiger partial charge in [-0.2, -0.15) is 0 Å². The minimum atomic E-state index is -0.534. The minimum Gasteiger partial charge on any atom is -0.443 e. The van der Waals surface area contributed by atoms with Crippen LogP contribution >= 0.6 is 0 Å². The Labute approximate surface area is 122 Å². The van der Waals surface area contributed by atoms with Gasteiger partial charge in [-0.1, -0.05) is 12.8 Å². The van der Waals surface area contributed by atoms with Crippen LogP contribution in [0.2, 0.25) is 0 Å². The van der Waals surface area contributed by atoms with Gasteiger partial charge in [0, 0.05) is 0 Å². The maximum Gasteiger partial charge on any atom is 0.425 e. The number of ether oxygens (including phenoxy) is 1. The van der Waals surface area contributed by atoms with Gasteiger partial charge < -0.3 is 9.84 Å². The van der Waals surface area contributed by atoms with Crippen molar-refractivity contribution in [2.75, 3.05) is 0 Å². The first-order chi connectivity index (χ1) is 9.00. The number of amides is 1. The molecule has 20 heavy (non-hydrogen) atoms. The highest BCUT2D eigenvalue weighted by molar-refractivity contribution is 5.68. The number of hydrogen-bond acceptors (Lipinski definition) is 4. The summed E-state index contributed by atoms with van der Waals surface area (Å²) in [5, 5.41) is 11.6. The van der Waals surface area contributed by atoms with Crippen molar-refractivity contribution >= 4 is 6.09 Å². The van der Waals surface area contributed by atoms with Crippen molar-refractivity contribution in [3.05, 3.63) is 0 Å². The van der Waals surface area contributed by atoms with Crippen LogP contribution in [0.5, 0.6) is 0 Å². The van der Waals surface area contributed by atoms with Gasteiger partial charge in [-0.05, 0) is 54.4 Å². The molecule has 118 valence electrons. The van der Waals surface area contributed by atoms with Crippen LogP contribution in [0, 0.1) is 0 Å². The Kier molecular flexibility index (Phi) is 5.44. The number of hydrazine groups is 1. The van der Waals surface area contributed by atoms with Gasteiger partial charge in [0.2, 0.25) is 0 Å². The van der Waals surface area contributed by atoms with E-state index in [1.165, 1.54) is 5.01 Å². The number of carbonyl (C=O) groups is 1. The van der Waals surface area contributed by atoms with E-state index in [9.17, 15) is 9.90 Å². The lowest BCUT2D eigenvalue weighted by Gasteiger charge is -2.41. The van der Waals surface area contributed by atoms with Crippen molar-refractivity contribution < 1.29 is 14.6 Å². The lowest BCUT2D eigenvalue weighted by Crippen LogP contribution is -2.60. The lowest BCUT2D eigenvalue weighted by molar-refractivity contribution is -0.0332. The van der Waals surface area contributed by atoms with Gasteiger partial charge in [0.1, 0.15) is 5.60 Å². The zero-order chi connectivity index (χ0) is 15.6. The summed E-state index contributed by atoms with van der Waals surface area (Å²) in [4.78, 5) is 12.3. The van der Waals surface area contributed by atoms with Crippen LogP contribution in [-0.2, 0) is 4.74 Å². The van der Waals surface area contributed by atoms with E-state index in [1.807, 2.05) is 41.5 Å². The highest BCUT2D eigenvalue weighted by Gasteiger charge is 2.34. The average molecular weight is 286 g/mol. The van der Waals surface area contributed by atoms with Gasteiger partial charge in [-0.25, -0.2) is 15.2 Å². The van der Waals surface area contributed by atoms with Crippen LogP contribution in [0.15, 0.2) is 0 Å². The van der Waals surface area contributed by atoms with E-state index in [1.54, 1.807) is 0 Å². The van der Waals surface area contributed by atoms with Crippen LogP contribution < -0.4 is 5.43 Å². The van der Waals surface area contributed by atoms with E-state index in [0.29, 0.717) is 0 Å². The summed E-state index contributed by atoms with van der Waals surface area (Å²) in [6.45, 7) is 11.4. The molecule has 5 heteroatoms. The number of nitrogens with one attached hydrogen (secondary N) is 1. The Balaban J connectivity index is 2.77. The molecule has 1 rings (SSSR count). The molecule has 1 aliphatic carbocycles. The third-order valence-electron chi connectivity index (χ3n) is 3.27. The smallest absolute Gasteiger partial charge is 0.425 e. The Bertz CT molecular complexity index is 331. The summed E-state index contributed by atoms with van der Waals surface area (Å²) in [6.07, 6.45) is 2.96. The van der Waals surface area contributed by atoms with Crippen LogP contribution in [0.4, 0.5) is 4.79 Å². The molecule has 1 amide bonds. The molecule has 0 saturated heterocycles. The van der Waals surface area contributed by atoms with E-state index in [0.717, 1.165) is 25.7 Å². The van der Waals surface area contributed by atoms with Crippen LogP contribution in [0.1, 0.15) is 67.2 Å². The Hall–Kier alpha value is -0.810. The molecule has 2 unspecified atom stereocenters. The van der Waals surface area contributed by atoms with Crippen molar-refractivity contribution in [2.45, 2.75) is 90.5 Å². The lowest BCUT2D eigenvalue weighted by atomic mass is 9.93. The molecule has 1 aliphatic rings. The van der Waals surface area contributed by atoms with Crippen LogP contribution in [0.3, 0.4) is 0 Å². The molecular weight excluding hydrogens is 256 g/mol. The summed E-state index contributed by atoms with van der Waals surface area (Å²) in [5.74, 6) is 0. The number of carbonyl (C=O) groups excluding carboxylic acids is 1. The minimum absolute atomic E-state index is 0.0875. The van der Waals surface area contributed by atoms with Gasteiger partial charge in [0.05, 0.1) is 17.7 Å². The molecule has 2 N–H and O–H groups in total. The van der Waals surface area contributed by atoms with Gasteiger partial charge in [-0.3, -0.25) is 0 Å². The number of rotatable bonds is 2. The topological polar surface area (TPSA) is 61.8 Å². The van der Waals surface area contributed by atoms with Crippen molar-refractivity contribution in [3.63, 3.8) is 0 Å². The first-order valence-corrected chi connectivity index (χ1v) is 7.48. The first kappa shape index (κ1) is 17.2. The molecule has 0 radical (unpaired) electrons. The Morgan fingerprint density at radius 2 is 1.70 bits per heavy atom. The predicted octanol–water partition coefficient (Wildman–Crippen LogP) is 2.83. The summed E-state index contributed by atoms with van der Waals surface area (Å²) in [6, 6.07) is -0.0875. The van der Waals surface area contributed by atoms with Crippen LogP contribution in [0.25, 0.3) is 0 Å². The van der Waals surface area contributed by atoms with E-state index in [4.69, 9.17) is 4.74 Å². The molecule has 1 saturated carbocycles. The Morgan fingerprint density at radius 3 is 2.15 bits per heavy atom. The molecule has 0 aromatic heterocycles. The maximum atomic E-state index is 12.3.